The summed E-state index contributed by atoms with van der Waals surface area (Å²) in [5.41, 5.74) is -0.826. The molecule has 9 heavy (non-hydrogen) atoms. The van der Waals surface area contributed by atoms with Gasteiger partial charge < -0.3 is 4.74 Å². The van der Waals surface area contributed by atoms with Crippen LogP contribution in [-0.4, -0.2) is 11.4 Å². The molecule has 1 rings (SSSR count). The molecular formula is C6H12N2O. The Balaban J connectivity index is 2.71. The molecule has 0 spiro atoms. The highest BCUT2D eigenvalue weighted by molar-refractivity contribution is 4.77. The fourth-order valence-electron chi connectivity index (χ4n) is 0.893. The van der Waals surface area contributed by atoms with Crippen LogP contribution in [0.2, 0.25) is 0 Å². The van der Waals surface area contributed by atoms with Crippen LogP contribution in [0.4, 0.5) is 0 Å². The summed E-state index contributed by atoms with van der Waals surface area (Å²) >= 11 is 0. The SMILES string of the molecule is CC1(C)N=NC(C)(C)O1. The second kappa shape index (κ2) is 1.53. The van der Waals surface area contributed by atoms with Crippen molar-refractivity contribution in [3.8, 4) is 0 Å². The van der Waals surface area contributed by atoms with Crippen molar-refractivity contribution >= 4 is 0 Å². The first-order valence-corrected chi connectivity index (χ1v) is 3.06. The van der Waals surface area contributed by atoms with Crippen molar-refractivity contribution in [1.82, 2.24) is 0 Å². The predicted molar refractivity (Wildman–Crippen MR) is 34.1 cm³/mol. The molecule has 0 N–H and O–H groups in total. The van der Waals surface area contributed by atoms with Crippen LogP contribution in [0.15, 0.2) is 10.2 Å². The lowest BCUT2D eigenvalue weighted by Crippen LogP contribution is -2.26. The third-order valence-electron chi connectivity index (χ3n) is 1.03. The van der Waals surface area contributed by atoms with Gasteiger partial charge >= 0.3 is 0 Å². The van der Waals surface area contributed by atoms with E-state index in [1.807, 2.05) is 27.7 Å². The third kappa shape index (κ3) is 1.48. The molecule has 52 valence electrons. The quantitative estimate of drug-likeness (QED) is 0.491. The van der Waals surface area contributed by atoms with Crippen LogP contribution < -0.4 is 0 Å². The molecule has 0 aromatic rings. The van der Waals surface area contributed by atoms with Gasteiger partial charge in [-0.3, -0.25) is 0 Å². The molecule has 3 nitrogen and oxygen atoms in total. The van der Waals surface area contributed by atoms with E-state index in [-0.39, 0.29) is 0 Å². The van der Waals surface area contributed by atoms with Gasteiger partial charge in [0, 0.05) is 0 Å². The maximum Gasteiger partial charge on any atom is 0.176 e. The fraction of sp³-hybridized carbons (Fsp3) is 1.00. The Morgan fingerprint density at radius 2 is 1.22 bits per heavy atom. The summed E-state index contributed by atoms with van der Waals surface area (Å²) in [6.07, 6.45) is 0. The average molecular weight is 128 g/mol. The van der Waals surface area contributed by atoms with Crippen LogP contribution in [0.5, 0.6) is 0 Å². The Hall–Kier alpha value is -0.440. The molecule has 3 heteroatoms. The number of hydrogen-bond acceptors (Lipinski definition) is 3. The average Bonchev–Trinajstić information content (AvgIpc) is 1.78. The van der Waals surface area contributed by atoms with E-state index in [1.54, 1.807) is 0 Å². The number of rotatable bonds is 0. The van der Waals surface area contributed by atoms with Gasteiger partial charge in [0.2, 0.25) is 0 Å². The van der Waals surface area contributed by atoms with E-state index >= 15 is 0 Å². The largest absolute Gasteiger partial charge is 0.324 e. The highest BCUT2D eigenvalue weighted by atomic mass is 16.6. The first-order valence-electron chi connectivity index (χ1n) is 3.06. The Bertz CT molecular complexity index is 133. The highest BCUT2D eigenvalue weighted by Crippen LogP contribution is 2.29. The molecule has 0 aromatic carbocycles. The van der Waals surface area contributed by atoms with E-state index in [0.29, 0.717) is 0 Å². The van der Waals surface area contributed by atoms with E-state index < -0.39 is 11.4 Å². The van der Waals surface area contributed by atoms with Crippen LogP contribution in [-0.2, 0) is 4.74 Å². The molecule has 0 atom stereocenters. The topological polar surface area (TPSA) is 34.0 Å². The van der Waals surface area contributed by atoms with Crippen molar-refractivity contribution in [1.29, 1.82) is 0 Å². The molecule has 0 aliphatic carbocycles. The van der Waals surface area contributed by atoms with E-state index in [4.69, 9.17) is 4.74 Å². The standard InChI is InChI=1S/C6H12N2O/c1-5(2)7-8-6(3,4)9-5/h1-4H3. The van der Waals surface area contributed by atoms with Crippen LogP contribution in [0.1, 0.15) is 27.7 Å². The smallest absolute Gasteiger partial charge is 0.176 e. The third-order valence-corrected chi connectivity index (χ3v) is 1.03. The first-order chi connectivity index (χ1) is 3.91. The van der Waals surface area contributed by atoms with Crippen LogP contribution in [0, 0.1) is 0 Å². The zero-order chi connectivity index (χ0) is 7.12. The maximum atomic E-state index is 5.40. The Morgan fingerprint density at radius 3 is 1.33 bits per heavy atom. The Kier molecular flexibility index (Phi) is 1.14. The second-order valence-electron chi connectivity index (χ2n) is 3.20. The highest BCUT2D eigenvalue weighted by Gasteiger charge is 2.34. The lowest BCUT2D eigenvalue weighted by atomic mass is 10.3. The Labute approximate surface area is 55.1 Å². The number of nitrogens with zero attached hydrogens (tertiary/aromatic N) is 2. The summed E-state index contributed by atoms with van der Waals surface area (Å²) in [6, 6.07) is 0. The molecule has 0 saturated carbocycles. The van der Waals surface area contributed by atoms with Gasteiger partial charge in [0.25, 0.3) is 0 Å². The lowest BCUT2D eigenvalue weighted by molar-refractivity contribution is -0.0754. The van der Waals surface area contributed by atoms with Crippen molar-refractivity contribution < 1.29 is 4.74 Å². The van der Waals surface area contributed by atoms with Gasteiger partial charge in [-0.1, -0.05) is 0 Å². The van der Waals surface area contributed by atoms with E-state index in [0.717, 1.165) is 0 Å². The monoisotopic (exact) mass is 128 g/mol. The minimum absolute atomic E-state index is 0.413. The summed E-state index contributed by atoms with van der Waals surface area (Å²) in [4.78, 5) is 0. The normalized spacial score (nSPS) is 28.9. The van der Waals surface area contributed by atoms with Crippen molar-refractivity contribution in [3.63, 3.8) is 0 Å². The van der Waals surface area contributed by atoms with Crippen molar-refractivity contribution in [2.75, 3.05) is 0 Å². The summed E-state index contributed by atoms with van der Waals surface area (Å²) in [5, 5.41) is 7.85. The Morgan fingerprint density at radius 1 is 0.889 bits per heavy atom. The van der Waals surface area contributed by atoms with Crippen molar-refractivity contribution in [3.05, 3.63) is 0 Å². The minimum atomic E-state index is -0.413. The first kappa shape index (κ1) is 6.68. The maximum absolute atomic E-state index is 5.40. The van der Waals surface area contributed by atoms with E-state index in [1.165, 1.54) is 0 Å². The van der Waals surface area contributed by atoms with Crippen molar-refractivity contribution in [2.45, 2.75) is 39.1 Å². The van der Waals surface area contributed by atoms with Gasteiger partial charge in [0.05, 0.1) is 0 Å². The zero-order valence-corrected chi connectivity index (χ0v) is 6.30. The molecule has 0 saturated heterocycles. The van der Waals surface area contributed by atoms with Gasteiger partial charge in [-0.15, -0.1) is 0 Å². The molecular weight excluding hydrogens is 116 g/mol. The van der Waals surface area contributed by atoms with Crippen LogP contribution >= 0.6 is 0 Å². The van der Waals surface area contributed by atoms with E-state index in [9.17, 15) is 0 Å². The number of azo groups is 1. The molecule has 1 aliphatic rings. The molecule has 1 heterocycles. The summed E-state index contributed by atoms with van der Waals surface area (Å²) in [7, 11) is 0. The van der Waals surface area contributed by atoms with Gasteiger partial charge in [-0.25, -0.2) is 0 Å². The molecule has 0 unspecified atom stereocenters. The molecule has 0 bridgehead atoms. The lowest BCUT2D eigenvalue weighted by Gasteiger charge is -2.18. The van der Waals surface area contributed by atoms with Gasteiger partial charge in [-0.05, 0) is 27.7 Å². The fourth-order valence-corrected chi connectivity index (χ4v) is 0.893. The van der Waals surface area contributed by atoms with Gasteiger partial charge in [0.1, 0.15) is 0 Å². The summed E-state index contributed by atoms with van der Waals surface area (Å²) in [5.74, 6) is 0. The van der Waals surface area contributed by atoms with Crippen LogP contribution in [0.3, 0.4) is 0 Å². The van der Waals surface area contributed by atoms with E-state index in [2.05, 4.69) is 10.2 Å². The molecule has 0 amide bonds. The number of hydrogen-bond donors (Lipinski definition) is 0. The molecule has 0 fully saturated rings. The minimum Gasteiger partial charge on any atom is -0.324 e. The predicted octanol–water partition coefficient (Wildman–Crippen LogP) is 1.94. The summed E-state index contributed by atoms with van der Waals surface area (Å²) in [6.45, 7) is 7.58. The molecule has 1 aliphatic heterocycles. The van der Waals surface area contributed by atoms with Gasteiger partial charge in [-0.2, -0.15) is 10.2 Å². The van der Waals surface area contributed by atoms with Gasteiger partial charge in [0.15, 0.2) is 11.4 Å². The second-order valence-corrected chi connectivity index (χ2v) is 3.20. The number of ether oxygens (including phenoxy) is 1. The summed E-state index contributed by atoms with van der Waals surface area (Å²) < 4.78 is 5.40. The molecule has 0 aromatic heterocycles. The van der Waals surface area contributed by atoms with Crippen molar-refractivity contribution in [2.24, 2.45) is 10.2 Å². The molecule has 0 radical (unpaired) electrons. The zero-order valence-electron chi connectivity index (χ0n) is 6.30. The van der Waals surface area contributed by atoms with Crippen LogP contribution in [0.25, 0.3) is 0 Å².